The molecule has 5 heteroatoms. The van der Waals surface area contributed by atoms with Crippen molar-refractivity contribution in [2.45, 2.75) is 97.7 Å². The molecule has 0 aliphatic heterocycles. The van der Waals surface area contributed by atoms with Gasteiger partial charge in [0.1, 0.15) is 6.10 Å². The third kappa shape index (κ3) is 13.1. The third-order valence-electron chi connectivity index (χ3n) is 3.63. The Bertz CT molecular complexity index is 313. The molecule has 1 unspecified atom stereocenters. The second-order valence-electron chi connectivity index (χ2n) is 8.10. The Labute approximate surface area is 149 Å². The molecule has 0 fully saturated rings. The Morgan fingerprint density at radius 3 is 1.88 bits per heavy atom. The molecule has 0 aliphatic rings. The van der Waals surface area contributed by atoms with E-state index in [0.717, 1.165) is 6.42 Å². The second kappa shape index (κ2) is 11.4. The van der Waals surface area contributed by atoms with Crippen molar-refractivity contribution in [3.63, 3.8) is 0 Å². The summed E-state index contributed by atoms with van der Waals surface area (Å²) < 4.78 is 23.5. The Morgan fingerprint density at radius 2 is 1.38 bits per heavy atom. The van der Waals surface area contributed by atoms with Crippen LogP contribution < -0.4 is 0 Å². The number of hydrogen-bond acceptors (Lipinski definition) is 5. The van der Waals surface area contributed by atoms with Gasteiger partial charge in [0, 0.05) is 13.2 Å². The molecule has 0 amide bonds. The van der Waals surface area contributed by atoms with Gasteiger partial charge >= 0.3 is 0 Å². The average molecular weight is 349 g/mol. The SMILES string of the molecule is CC(C)OCCC(C)(C)OCC(COC(C)C)OC(C)(C)CCO. The van der Waals surface area contributed by atoms with Gasteiger partial charge in [-0.05, 0) is 68.2 Å². The summed E-state index contributed by atoms with van der Waals surface area (Å²) >= 11 is 0. The number of hydrogen-bond donors (Lipinski definition) is 1. The molecule has 0 aliphatic carbocycles. The smallest absolute Gasteiger partial charge is 0.105 e. The Kier molecular flexibility index (Phi) is 11.3. The molecule has 0 saturated heterocycles. The second-order valence-corrected chi connectivity index (χ2v) is 8.10. The Hall–Kier alpha value is -0.200. The highest BCUT2D eigenvalue weighted by atomic mass is 16.6. The average Bonchev–Trinajstić information content (AvgIpc) is 2.41. The Morgan fingerprint density at radius 1 is 0.792 bits per heavy atom. The number of aliphatic hydroxyl groups excluding tert-OH is 1. The first-order valence-corrected chi connectivity index (χ1v) is 9.13. The van der Waals surface area contributed by atoms with Crippen molar-refractivity contribution in [3.8, 4) is 0 Å². The summed E-state index contributed by atoms with van der Waals surface area (Å²) in [6.45, 7) is 17.9. The van der Waals surface area contributed by atoms with E-state index >= 15 is 0 Å². The van der Waals surface area contributed by atoms with Crippen LogP contribution in [0.4, 0.5) is 0 Å². The molecule has 0 heterocycles. The minimum atomic E-state index is -0.409. The van der Waals surface area contributed by atoms with Crippen LogP contribution in [0.1, 0.15) is 68.2 Å². The first kappa shape index (κ1) is 23.8. The zero-order chi connectivity index (χ0) is 18.8. The van der Waals surface area contributed by atoms with E-state index in [2.05, 4.69) is 13.8 Å². The highest BCUT2D eigenvalue weighted by Crippen LogP contribution is 2.20. The summed E-state index contributed by atoms with van der Waals surface area (Å²) in [6.07, 6.45) is 1.61. The molecule has 1 atom stereocenters. The van der Waals surface area contributed by atoms with Gasteiger partial charge in [-0.25, -0.2) is 0 Å². The minimum Gasteiger partial charge on any atom is -0.396 e. The topological polar surface area (TPSA) is 57.2 Å². The molecule has 0 radical (unpaired) electrons. The van der Waals surface area contributed by atoms with Gasteiger partial charge in [0.2, 0.25) is 0 Å². The summed E-state index contributed by atoms with van der Waals surface area (Å²) in [5.74, 6) is 0. The van der Waals surface area contributed by atoms with Crippen LogP contribution in [0, 0.1) is 0 Å². The lowest BCUT2D eigenvalue weighted by molar-refractivity contribution is -0.160. The van der Waals surface area contributed by atoms with Crippen molar-refractivity contribution < 1.29 is 24.1 Å². The lowest BCUT2D eigenvalue weighted by Gasteiger charge is -2.33. The van der Waals surface area contributed by atoms with E-state index < -0.39 is 5.60 Å². The highest BCUT2D eigenvalue weighted by molar-refractivity contribution is 4.74. The van der Waals surface area contributed by atoms with E-state index in [4.69, 9.17) is 18.9 Å². The number of rotatable bonds is 14. The molecular formula is C19H40O5. The van der Waals surface area contributed by atoms with Crippen molar-refractivity contribution in [3.05, 3.63) is 0 Å². The number of ether oxygens (including phenoxy) is 4. The minimum absolute atomic E-state index is 0.101. The van der Waals surface area contributed by atoms with Crippen LogP contribution in [0.15, 0.2) is 0 Å². The van der Waals surface area contributed by atoms with Crippen molar-refractivity contribution in [2.24, 2.45) is 0 Å². The van der Waals surface area contributed by atoms with Crippen LogP contribution in [0.25, 0.3) is 0 Å². The molecule has 0 aromatic carbocycles. The monoisotopic (exact) mass is 348 g/mol. The van der Waals surface area contributed by atoms with Crippen molar-refractivity contribution in [1.29, 1.82) is 0 Å². The van der Waals surface area contributed by atoms with Gasteiger partial charge < -0.3 is 24.1 Å². The zero-order valence-corrected chi connectivity index (χ0v) is 17.1. The Balaban J connectivity index is 4.51. The largest absolute Gasteiger partial charge is 0.396 e. The quantitative estimate of drug-likeness (QED) is 0.520. The van der Waals surface area contributed by atoms with E-state index in [-0.39, 0.29) is 30.5 Å². The fourth-order valence-corrected chi connectivity index (χ4v) is 2.13. The van der Waals surface area contributed by atoms with Crippen LogP contribution in [0.5, 0.6) is 0 Å². The van der Waals surface area contributed by atoms with Gasteiger partial charge in [-0.1, -0.05) is 0 Å². The third-order valence-corrected chi connectivity index (χ3v) is 3.63. The summed E-state index contributed by atoms with van der Waals surface area (Å²) in [6, 6.07) is 0. The number of aliphatic hydroxyl groups is 1. The molecule has 5 nitrogen and oxygen atoms in total. The lowest BCUT2D eigenvalue weighted by atomic mass is 10.1. The lowest BCUT2D eigenvalue weighted by Crippen LogP contribution is -2.40. The van der Waals surface area contributed by atoms with Crippen LogP contribution in [-0.2, 0) is 18.9 Å². The van der Waals surface area contributed by atoms with E-state index in [9.17, 15) is 5.11 Å². The molecule has 0 bridgehead atoms. The normalized spacial score (nSPS) is 14.6. The maximum Gasteiger partial charge on any atom is 0.105 e. The first-order chi connectivity index (χ1) is 11.0. The van der Waals surface area contributed by atoms with Crippen LogP contribution >= 0.6 is 0 Å². The van der Waals surface area contributed by atoms with Gasteiger partial charge in [-0.2, -0.15) is 0 Å². The molecule has 146 valence electrons. The maximum absolute atomic E-state index is 9.18. The van der Waals surface area contributed by atoms with Crippen LogP contribution in [-0.4, -0.2) is 61.0 Å². The molecule has 0 rings (SSSR count). The van der Waals surface area contributed by atoms with E-state index in [1.807, 2.05) is 41.5 Å². The molecule has 0 spiro atoms. The van der Waals surface area contributed by atoms with Gasteiger partial charge in [-0.15, -0.1) is 0 Å². The van der Waals surface area contributed by atoms with Crippen molar-refractivity contribution >= 4 is 0 Å². The molecule has 1 N–H and O–H groups in total. The summed E-state index contributed by atoms with van der Waals surface area (Å²) in [5.41, 5.74) is -0.691. The molecular weight excluding hydrogens is 308 g/mol. The maximum atomic E-state index is 9.18. The van der Waals surface area contributed by atoms with Gasteiger partial charge in [0.05, 0.1) is 36.6 Å². The standard InChI is InChI=1S/C19H40O5/c1-15(2)21-12-10-18(5,6)23-14-17(13-22-16(3)4)24-19(7,8)9-11-20/h15-17,20H,9-14H2,1-8H3. The molecule has 0 aromatic rings. The van der Waals surface area contributed by atoms with Gasteiger partial charge in [0.25, 0.3) is 0 Å². The van der Waals surface area contributed by atoms with Crippen LogP contribution in [0.3, 0.4) is 0 Å². The zero-order valence-electron chi connectivity index (χ0n) is 17.1. The summed E-state index contributed by atoms with van der Waals surface area (Å²) in [5, 5.41) is 9.18. The van der Waals surface area contributed by atoms with Crippen molar-refractivity contribution in [2.75, 3.05) is 26.4 Å². The van der Waals surface area contributed by atoms with Gasteiger partial charge in [0.15, 0.2) is 0 Å². The molecule has 0 aromatic heterocycles. The van der Waals surface area contributed by atoms with Gasteiger partial charge in [-0.3, -0.25) is 0 Å². The van der Waals surface area contributed by atoms with E-state index in [1.54, 1.807) is 0 Å². The van der Waals surface area contributed by atoms with Crippen molar-refractivity contribution in [1.82, 2.24) is 0 Å². The molecule has 24 heavy (non-hydrogen) atoms. The predicted molar refractivity (Wildman–Crippen MR) is 97.5 cm³/mol. The molecule has 0 saturated carbocycles. The van der Waals surface area contributed by atoms with E-state index in [0.29, 0.717) is 26.2 Å². The summed E-state index contributed by atoms with van der Waals surface area (Å²) in [7, 11) is 0. The highest BCUT2D eigenvalue weighted by Gasteiger charge is 2.27. The van der Waals surface area contributed by atoms with Crippen LogP contribution in [0.2, 0.25) is 0 Å². The summed E-state index contributed by atoms with van der Waals surface area (Å²) in [4.78, 5) is 0. The fourth-order valence-electron chi connectivity index (χ4n) is 2.13. The van der Waals surface area contributed by atoms with E-state index in [1.165, 1.54) is 0 Å². The first-order valence-electron chi connectivity index (χ1n) is 9.13. The predicted octanol–water partition coefficient (Wildman–Crippen LogP) is 3.57. The fraction of sp³-hybridized carbons (Fsp3) is 1.00.